The SMILES string of the molecule is CCSc1cccc(OCCCC(C)C)c1CN. The standard InChI is InChI=1S/C15H25NOS/c1-4-18-15-9-5-8-14(13(15)11-16)17-10-6-7-12(2)3/h5,8-9,12H,4,6-7,10-11,16H2,1-3H3. The summed E-state index contributed by atoms with van der Waals surface area (Å²) in [4.78, 5) is 1.25. The molecule has 0 aromatic heterocycles. The van der Waals surface area contributed by atoms with Crippen LogP contribution in [0.15, 0.2) is 23.1 Å². The zero-order valence-electron chi connectivity index (χ0n) is 11.7. The van der Waals surface area contributed by atoms with Crippen molar-refractivity contribution in [1.29, 1.82) is 0 Å². The highest BCUT2D eigenvalue weighted by atomic mass is 32.2. The Morgan fingerprint density at radius 3 is 2.72 bits per heavy atom. The summed E-state index contributed by atoms with van der Waals surface area (Å²) in [6.07, 6.45) is 2.31. The Labute approximate surface area is 115 Å². The number of nitrogens with two attached hydrogens (primary N) is 1. The zero-order chi connectivity index (χ0) is 13.4. The Balaban J connectivity index is 2.61. The maximum Gasteiger partial charge on any atom is 0.124 e. The Hall–Kier alpha value is -0.670. The van der Waals surface area contributed by atoms with Crippen LogP contribution in [0.2, 0.25) is 0 Å². The van der Waals surface area contributed by atoms with E-state index < -0.39 is 0 Å². The molecule has 1 aromatic carbocycles. The minimum atomic E-state index is 0.544. The third-order valence-electron chi connectivity index (χ3n) is 2.78. The third-order valence-corrected chi connectivity index (χ3v) is 3.76. The second-order valence-corrected chi connectivity index (χ2v) is 6.06. The molecule has 0 saturated heterocycles. The molecule has 3 heteroatoms. The van der Waals surface area contributed by atoms with Crippen LogP contribution in [-0.2, 0) is 6.54 Å². The Morgan fingerprint density at radius 2 is 2.11 bits per heavy atom. The summed E-state index contributed by atoms with van der Waals surface area (Å²) >= 11 is 1.82. The first kappa shape index (κ1) is 15.4. The molecule has 0 amide bonds. The summed E-state index contributed by atoms with van der Waals surface area (Å²) in [5.74, 6) is 2.76. The molecular weight excluding hydrogens is 242 g/mol. The lowest BCUT2D eigenvalue weighted by molar-refractivity contribution is 0.294. The van der Waals surface area contributed by atoms with Crippen LogP contribution >= 0.6 is 11.8 Å². The first-order valence-corrected chi connectivity index (χ1v) is 7.75. The van der Waals surface area contributed by atoms with E-state index in [1.54, 1.807) is 0 Å². The second-order valence-electron chi connectivity index (χ2n) is 4.75. The van der Waals surface area contributed by atoms with Gasteiger partial charge in [-0.3, -0.25) is 0 Å². The van der Waals surface area contributed by atoms with E-state index in [0.717, 1.165) is 36.0 Å². The van der Waals surface area contributed by atoms with Crippen LogP contribution in [-0.4, -0.2) is 12.4 Å². The highest BCUT2D eigenvalue weighted by molar-refractivity contribution is 7.99. The normalized spacial score (nSPS) is 10.9. The Kier molecular flexibility index (Phi) is 7.21. The van der Waals surface area contributed by atoms with Crippen LogP contribution in [0.4, 0.5) is 0 Å². The van der Waals surface area contributed by atoms with E-state index in [0.29, 0.717) is 6.54 Å². The van der Waals surface area contributed by atoms with Gasteiger partial charge in [0.15, 0.2) is 0 Å². The van der Waals surface area contributed by atoms with Crippen molar-refractivity contribution in [3.63, 3.8) is 0 Å². The molecular formula is C15H25NOS. The largest absolute Gasteiger partial charge is 0.493 e. The van der Waals surface area contributed by atoms with Gasteiger partial charge in [-0.25, -0.2) is 0 Å². The number of hydrogen-bond donors (Lipinski definition) is 1. The van der Waals surface area contributed by atoms with Crippen LogP contribution in [0.1, 0.15) is 39.2 Å². The molecule has 0 fully saturated rings. The van der Waals surface area contributed by atoms with Gasteiger partial charge in [-0.05, 0) is 36.6 Å². The zero-order valence-corrected chi connectivity index (χ0v) is 12.6. The van der Waals surface area contributed by atoms with Gasteiger partial charge in [-0.1, -0.05) is 26.8 Å². The van der Waals surface area contributed by atoms with Gasteiger partial charge in [0.2, 0.25) is 0 Å². The van der Waals surface area contributed by atoms with Crippen LogP contribution in [0.5, 0.6) is 5.75 Å². The van der Waals surface area contributed by atoms with E-state index >= 15 is 0 Å². The molecule has 0 heterocycles. The summed E-state index contributed by atoms with van der Waals surface area (Å²) in [6.45, 7) is 7.96. The van der Waals surface area contributed by atoms with Gasteiger partial charge in [-0.2, -0.15) is 0 Å². The summed E-state index contributed by atoms with van der Waals surface area (Å²) in [5.41, 5.74) is 6.99. The van der Waals surface area contributed by atoms with Crippen molar-refractivity contribution in [3.05, 3.63) is 23.8 Å². The van der Waals surface area contributed by atoms with Crippen molar-refractivity contribution in [1.82, 2.24) is 0 Å². The molecule has 2 N–H and O–H groups in total. The van der Waals surface area contributed by atoms with Crippen LogP contribution < -0.4 is 10.5 Å². The average molecular weight is 267 g/mol. The number of rotatable bonds is 8. The number of benzene rings is 1. The summed E-state index contributed by atoms with van der Waals surface area (Å²) < 4.78 is 5.87. The van der Waals surface area contributed by atoms with Crippen LogP contribution in [0, 0.1) is 5.92 Å². The quantitative estimate of drug-likeness (QED) is 0.569. The van der Waals surface area contributed by atoms with Gasteiger partial charge in [0.05, 0.1) is 6.61 Å². The highest BCUT2D eigenvalue weighted by Crippen LogP contribution is 2.29. The van der Waals surface area contributed by atoms with E-state index in [2.05, 4.69) is 32.9 Å². The van der Waals surface area contributed by atoms with Crippen molar-refractivity contribution in [3.8, 4) is 5.75 Å². The molecule has 0 bridgehead atoms. The second kappa shape index (κ2) is 8.44. The summed E-state index contributed by atoms with van der Waals surface area (Å²) in [6, 6.07) is 6.20. The minimum absolute atomic E-state index is 0.544. The molecule has 0 unspecified atom stereocenters. The predicted octanol–water partition coefficient (Wildman–Crippen LogP) is 4.07. The molecule has 0 aliphatic heterocycles. The van der Waals surface area contributed by atoms with Gasteiger partial charge in [0, 0.05) is 17.0 Å². The molecule has 0 saturated carbocycles. The number of hydrogen-bond acceptors (Lipinski definition) is 3. The van der Waals surface area contributed by atoms with Gasteiger partial charge in [-0.15, -0.1) is 11.8 Å². The van der Waals surface area contributed by atoms with Crippen molar-refractivity contribution in [2.75, 3.05) is 12.4 Å². The van der Waals surface area contributed by atoms with Crippen LogP contribution in [0.3, 0.4) is 0 Å². The van der Waals surface area contributed by atoms with Gasteiger partial charge in [0.25, 0.3) is 0 Å². The topological polar surface area (TPSA) is 35.2 Å². The van der Waals surface area contributed by atoms with E-state index in [9.17, 15) is 0 Å². The van der Waals surface area contributed by atoms with E-state index in [1.807, 2.05) is 17.8 Å². The lowest BCUT2D eigenvalue weighted by Crippen LogP contribution is -2.06. The molecule has 102 valence electrons. The summed E-state index contributed by atoms with van der Waals surface area (Å²) in [7, 11) is 0. The van der Waals surface area contributed by atoms with Gasteiger partial charge >= 0.3 is 0 Å². The maximum atomic E-state index is 5.87. The molecule has 0 radical (unpaired) electrons. The molecule has 2 nitrogen and oxygen atoms in total. The lowest BCUT2D eigenvalue weighted by Gasteiger charge is -2.14. The van der Waals surface area contributed by atoms with E-state index in [4.69, 9.17) is 10.5 Å². The van der Waals surface area contributed by atoms with E-state index in [1.165, 1.54) is 11.3 Å². The van der Waals surface area contributed by atoms with Crippen LogP contribution in [0.25, 0.3) is 0 Å². The Bertz CT molecular complexity index is 352. The molecule has 0 atom stereocenters. The minimum Gasteiger partial charge on any atom is -0.493 e. The van der Waals surface area contributed by atoms with Crippen molar-refractivity contribution >= 4 is 11.8 Å². The van der Waals surface area contributed by atoms with Gasteiger partial charge in [0.1, 0.15) is 5.75 Å². The lowest BCUT2D eigenvalue weighted by atomic mass is 10.1. The molecule has 0 aliphatic rings. The molecule has 1 rings (SSSR count). The molecule has 0 spiro atoms. The fourth-order valence-corrected chi connectivity index (χ4v) is 2.69. The first-order chi connectivity index (χ1) is 8.69. The fraction of sp³-hybridized carbons (Fsp3) is 0.600. The number of ether oxygens (including phenoxy) is 1. The smallest absolute Gasteiger partial charge is 0.124 e. The van der Waals surface area contributed by atoms with E-state index in [-0.39, 0.29) is 0 Å². The van der Waals surface area contributed by atoms with Crippen molar-refractivity contribution in [2.24, 2.45) is 11.7 Å². The van der Waals surface area contributed by atoms with Crippen molar-refractivity contribution < 1.29 is 4.74 Å². The fourth-order valence-electron chi connectivity index (χ4n) is 1.85. The van der Waals surface area contributed by atoms with Gasteiger partial charge < -0.3 is 10.5 Å². The average Bonchev–Trinajstić information content (AvgIpc) is 2.35. The molecule has 0 aliphatic carbocycles. The van der Waals surface area contributed by atoms with Crippen molar-refractivity contribution in [2.45, 2.75) is 45.1 Å². The highest BCUT2D eigenvalue weighted by Gasteiger charge is 2.08. The third kappa shape index (κ3) is 4.91. The Morgan fingerprint density at radius 1 is 1.33 bits per heavy atom. The predicted molar refractivity (Wildman–Crippen MR) is 80.3 cm³/mol. The monoisotopic (exact) mass is 267 g/mol. The molecule has 18 heavy (non-hydrogen) atoms. The summed E-state index contributed by atoms with van der Waals surface area (Å²) in [5, 5.41) is 0. The maximum absolute atomic E-state index is 5.87. The first-order valence-electron chi connectivity index (χ1n) is 6.76. The molecule has 1 aromatic rings. The number of thioether (sulfide) groups is 1.